The van der Waals surface area contributed by atoms with Crippen LogP contribution in [0.3, 0.4) is 0 Å². The van der Waals surface area contributed by atoms with Crippen LogP contribution in [0.25, 0.3) is 16.9 Å². The van der Waals surface area contributed by atoms with Gasteiger partial charge in [0.25, 0.3) is 0 Å². The number of methoxy groups -OCH3 is 1. The van der Waals surface area contributed by atoms with E-state index in [-0.39, 0.29) is 5.03 Å². The average molecular weight is 343 g/mol. The molecule has 6 nitrogen and oxygen atoms in total. The molecule has 0 fully saturated rings. The lowest BCUT2D eigenvalue weighted by Gasteiger charge is -2.11. The minimum absolute atomic E-state index is 0.0462. The molecule has 7 heteroatoms. The second-order valence-electron chi connectivity index (χ2n) is 5.46. The quantitative estimate of drug-likeness (QED) is 0.728. The van der Waals surface area contributed by atoms with Gasteiger partial charge in [-0.3, -0.25) is 4.57 Å². The van der Waals surface area contributed by atoms with E-state index in [4.69, 9.17) is 4.74 Å². The number of aryl methyl sites for hydroxylation is 1. The number of rotatable bonds is 4. The van der Waals surface area contributed by atoms with E-state index in [1.54, 1.807) is 25.7 Å². The summed E-state index contributed by atoms with van der Waals surface area (Å²) >= 11 is 0. The highest BCUT2D eigenvalue weighted by molar-refractivity contribution is 7.90. The Morgan fingerprint density at radius 3 is 2.54 bits per heavy atom. The van der Waals surface area contributed by atoms with Crippen molar-refractivity contribution in [2.45, 2.75) is 11.9 Å². The van der Waals surface area contributed by atoms with Gasteiger partial charge in [-0.1, -0.05) is 12.1 Å². The van der Waals surface area contributed by atoms with Crippen molar-refractivity contribution in [1.82, 2.24) is 14.5 Å². The van der Waals surface area contributed by atoms with Crippen molar-refractivity contribution in [2.24, 2.45) is 0 Å². The monoisotopic (exact) mass is 343 g/mol. The maximum Gasteiger partial charge on any atom is 0.192 e. The van der Waals surface area contributed by atoms with E-state index in [0.717, 1.165) is 34.5 Å². The summed E-state index contributed by atoms with van der Waals surface area (Å²) in [4.78, 5) is 8.23. The van der Waals surface area contributed by atoms with Gasteiger partial charge in [-0.05, 0) is 30.7 Å². The standard InChI is InChI=1S/C17H17N3O3S/c1-12-4-5-13(8-16(12)23-2)15-10-18-11-20(15)14-6-7-17(19-9-14)24(3,21)22/h4-11H,1-3H3. The average Bonchev–Trinajstić information content (AvgIpc) is 3.04. The first-order valence-electron chi connectivity index (χ1n) is 7.24. The van der Waals surface area contributed by atoms with Crippen LogP contribution in [0.1, 0.15) is 5.56 Å². The van der Waals surface area contributed by atoms with Gasteiger partial charge in [-0.2, -0.15) is 0 Å². The first-order chi connectivity index (χ1) is 11.4. The highest BCUT2D eigenvalue weighted by Crippen LogP contribution is 2.28. The lowest BCUT2D eigenvalue weighted by molar-refractivity contribution is 0.412. The minimum atomic E-state index is -3.32. The summed E-state index contributed by atoms with van der Waals surface area (Å²) in [7, 11) is -1.68. The van der Waals surface area contributed by atoms with Crippen molar-refractivity contribution in [3.8, 4) is 22.7 Å². The fourth-order valence-electron chi connectivity index (χ4n) is 2.43. The highest BCUT2D eigenvalue weighted by Gasteiger charge is 2.12. The third-order valence-corrected chi connectivity index (χ3v) is 4.72. The fourth-order valence-corrected chi connectivity index (χ4v) is 2.99. The van der Waals surface area contributed by atoms with E-state index in [1.807, 2.05) is 29.7 Å². The second kappa shape index (κ2) is 6.09. The molecule has 2 heterocycles. The Labute approximate surface area is 140 Å². The van der Waals surface area contributed by atoms with E-state index in [0.29, 0.717) is 0 Å². The Hall–Kier alpha value is -2.67. The molecule has 0 N–H and O–H groups in total. The highest BCUT2D eigenvalue weighted by atomic mass is 32.2. The van der Waals surface area contributed by atoms with Gasteiger partial charge in [0.15, 0.2) is 14.9 Å². The third-order valence-electron chi connectivity index (χ3n) is 3.72. The van der Waals surface area contributed by atoms with Crippen LogP contribution >= 0.6 is 0 Å². The van der Waals surface area contributed by atoms with Crippen molar-refractivity contribution < 1.29 is 13.2 Å². The molecule has 0 bridgehead atoms. The molecule has 0 aliphatic rings. The third kappa shape index (κ3) is 3.03. The van der Waals surface area contributed by atoms with E-state index < -0.39 is 9.84 Å². The van der Waals surface area contributed by atoms with Crippen LogP contribution in [0, 0.1) is 6.92 Å². The molecule has 0 aliphatic carbocycles. The molecule has 3 rings (SSSR count). The van der Waals surface area contributed by atoms with E-state index in [2.05, 4.69) is 9.97 Å². The molecular weight excluding hydrogens is 326 g/mol. The molecule has 2 aromatic heterocycles. The number of hydrogen-bond acceptors (Lipinski definition) is 5. The topological polar surface area (TPSA) is 74.1 Å². The molecule has 3 aromatic rings. The van der Waals surface area contributed by atoms with Crippen molar-refractivity contribution in [2.75, 3.05) is 13.4 Å². The van der Waals surface area contributed by atoms with Crippen LogP contribution in [-0.4, -0.2) is 36.3 Å². The largest absolute Gasteiger partial charge is 0.496 e. The lowest BCUT2D eigenvalue weighted by atomic mass is 10.1. The summed E-state index contributed by atoms with van der Waals surface area (Å²) in [5.41, 5.74) is 3.59. The van der Waals surface area contributed by atoms with E-state index in [1.165, 1.54) is 12.3 Å². The van der Waals surface area contributed by atoms with Crippen molar-refractivity contribution >= 4 is 9.84 Å². The molecule has 1 aromatic carbocycles. The summed E-state index contributed by atoms with van der Waals surface area (Å²) in [6.07, 6.45) is 6.07. The van der Waals surface area contributed by atoms with Crippen LogP contribution in [-0.2, 0) is 9.84 Å². The first kappa shape index (κ1) is 16.2. The van der Waals surface area contributed by atoms with Gasteiger partial charge in [0.1, 0.15) is 5.75 Å². The van der Waals surface area contributed by atoms with Gasteiger partial charge in [-0.15, -0.1) is 0 Å². The van der Waals surface area contributed by atoms with E-state index >= 15 is 0 Å². The number of hydrogen-bond donors (Lipinski definition) is 0. The van der Waals surface area contributed by atoms with Crippen molar-refractivity contribution in [3.05, 3.63) is 54.6 Å². The maximum absolute atomic E-state index is 11.5. The molecule has 0 amide bonds. The molecule has 0 radical (unpaired) electrons. The van der Waals surface area contributed by atoms with E-state index in [9.17, 15) is 8.42 Å². The maximum atomic E-state index is 11.5. The zero-order chi connectivity index (χ0) is 17.3. The number of benzene rings is 1. The van der Waals surface area contributed by atoms with Gasteiger partial charge in [-0.25, -0.2) is 18.4 Å². The Morgan fingerprint density at radius 1 is 1.12 bits per heavy atom. The summed E-state index contributed by atoms with van der Waals surface area (Å²) in [5, 5.41) is 0.0462. The van der Waals surface area contributed by atoms with Crippen LogP contribution < -0.4 is 4.74 Å². The molecule has 0 saturated heterocycles. The summed E-state index contributed by atoms with van der Waals surface area (Å²) in [6, 6.07) is 9.12. The minimum Gasteiger partial charge on any atom is -0.496 e. The summed E-state index contributed by atoms with van der Waals surface area (Å²) < 4.78 is 30.3. The van der Waals surface area contributed by atoms with Gasteiger partial charge in [0.05, 0.1) is 37.2 Å². The Balaban J connectivity index is 2.05. The molecule has 124 valence electrons. The van der Waals surface area contributed by atoms with Crippen molar-refractivity contribution in [1.29, 1.82) is 0 Å². The zero-order valence-corrected chi connectivity index (χ0v) is 14.4. The van der Waals surface area contributed by atoms with Crippen LogP contribution in [0.4, 0.5) is 0 Å². The smallest absolute Gasteiger partial charge is 0.192 e. The Kier molecular flexibility index (Phi) is 4.11. The second-order valence-corrected chi connectivity index (χ2v) is 7.42. The number of pyridine rings is 1. The van der Waals surface area contributed by atoms with Crippen LogP contribution in [0.5, 0.6) is 5.75 Å². The number of aromatic nitrogens is 3. The SMILES string of the molecule is COc1cc(-c2cncn2-c2ccc(S(C)(=O)=O)nc2)ccc1C. The molecule has 0 aliphatic heterocycles. The molecule has 0 atom stereocenters. The van der Waals surface area contributed by atoms with Crippen molar-refractivity contribution in [3.63, 3.8) is 0 Å². The summed E-state index contributed by atoms with van der Waals surface area (Å²) in [6.45, 7) is 1.98. The van der Waals surface area contributed by atoms with Gasteiger partial charge < -0.3 is 4.74 Å². The lowest BCUT2D eigenvalue weighted by Crippen LogP contribution is -2.02. The number of nitrogens with zero attached hydrogens (tertiary/aromatic N) is 3. The van der Waals surface area contributed by atoms with Gasteiger partial charge in [0.2, 0.25) is 0 Å². The van der Waals surface area contributed by atoms with Gasteiger partial charge in [0, 0.05) is 11.8 Å². The number of sulfone groups is 1. The van der Waals surface area contributed by atoms with Crippen LogP contribution in [0.15, 0.2) is 54.1 Å². The normalized spacial score (nSPS) is 11.5. The molecule has 24 heavy (non-hydrogen) atoms. The molecule has 0 spiro atoms. The predicted octanol–water partition coefficient (Wildman–Crippen LogP) is 2.65. The molecule has 0 unspecified atom stereocenters. The number of ether oxygens (including phenoxy) is 1. The Bertz CT molecular complexity index is 977. The predicted molar refractivity (Wildman–Crippen MR) is 91.2 cm³/mol. The fraction of sp³-hybridized carbons (Fsp3) is 0.176. The van der Waals surface area contributed by atoms with Gasteiger partial charge >= 0.3 is 0 Å². The Morgan fingerprint density at radius 2 is 1.92 bits per heavy atom. The first-order valence-corrected chi connectivity index (χ1v) is 9.13. The number of imidazole rings is 1. The molecular formula is C17H17N3O3S. The summed E-state index contributed by atoms with van der Waals surface area (Å²) in [5.74, 6) is 0.797. The van der Waals surface area contributed by atoms with Crippen LogP contribution in [0.2, 0.25) is 0 Å². The zero-order valence-electron chi connectivity index (χ0n) is 13.6. The molecule has 0 saturated carbocycles.